The highest BCUT2D eigenvalue weighted by molar-refractivity contribution is 6.02. The number of rotatable bonds is 2. The third kappa shape index (κ3) is 2.07. The molecular formula is C14H16O2. The smallest absolute Gasteiger partial charge is 0.193 e. The molecule has 0 unspecified atom stereocenters. The predicted molar refractivity (Wildman–Crippen MR) is 64.4 cm³/mol. The van der Waals surface area contributed by atoms with Crippen molar-refractivity contribution in [1.82, 2.24) is 0 Å². The lowest BCUT2D eigenvalue weighted by atomic mass is 9.90. The summed E-state index contributed by atoms with van der Waals surface area (Å²) in [7, 11) is 0. The Hall–Kier alpha value is -1.41. The van der Waals surface area contributed by atoms with Crippen LogP contribution in [0.1, 0.15) is 41.8 Å². The van der Waals surface area contributed by atoms with Crippen molar-refractivity contribution in [2.24, 2.45) is 0 Å². The normalized spacial score (nSPS) is 14.7. The first-order valence-corrected chi connectivity index (χ1v) is 5.55. The van der Waals surface area contributed by atoms with Crippen molar-refractivity contribution in [3.05, 3.63) is 41.0 Å². The Morgan fingerprint density at radius 1 is 1.38 bits per heavy atom. The highest BCUT2D eigenvalue weighted by Crippen LogP contribution is 2.22. The average molecular weight is 216 g/mol. The maximum absolute atomic E-state index is 11.9. The molecule has 0 spiro atoms. The van der Waals surface area contributed by atoms with Gasteiger partial charge in [-0.15, -0.1) is 0 Å². The molecule has 0 fully saturated rings. The molecule has 1 aromatic rings. The zero-order chi connectivity index (χ0) is 11.8. The molecule has 0 radical (unpaired) electrons. The number of hydrogen-bond donors (Lipinski definition) is 1. The van der Waals surface area contributed by atoms with Crippen LogP contribution in [0.3, 0.4) is 0 Å². The molecule has 1 aliphatic carbocycles. The van der Waals surface area contributed by atoms with Gasteiger partial charge in [0.1, 0.15) is 5.60 Å². The fraction of sp³-hybridized carbons (Fsp3) is 0.357. The van der Waals surface area contributed by atoms with Crippen molar-refractivity contribution >= 4 is 11.9 Å². The number of benzene rings is 1. The second-order valence-corrected chi connectivity index (χ2v) is 4.74. The Morgan fingerprint density at radius 2 is 2.12 bits per heavy atom. The number of carbonyl (C=O) groups is 1. The van der Waals surface area contributed by atoms with Crippen molar-refractivity contribution in [3.63, 3.8) is 0 Å². The molecular weight excluding hydrogens is 200 g/mol. The summed E-state index contributed by atoms with van der Waals surface area (Å²) in [5, 5.41) is 9.68. The summed E-state index contributed by atoms with van der Waals surface area (Å²) >= 11 is 0. The minimum Gasteiger partial charge on any atom is -0.382 e. The molecule has 0 atom stereocenters. The zero-order valence-corrected chi connectivity index (χ0v) is 9.66. The quantitative estimate of drug-likeness (QED) is 0.771. The molecule has 1 aliphatic rings. The van der Waals surface area contributed by atoms with E-state index in [1.54, 1.807) is 6.07 Å². The number of carbonyl (C=O) groups excluding carboxylic acids is 1. The molecule has 0 amide bonds. The van der Waals surface area contributed by atoms with Gasteiger partial charge < -0.3 is 5.11 Å². The van der Waals surface area contributed by atoms with E-state index in [0.717, 1.165) is 12.8 Å². The van der Waals surface area contributed by atoms with Crippen LogP contribution < -0.4 is 0 Å². The van der Waals surface area contributed by atoms with Crippen molar-refractivity contribution in [1.29, 1.82) is 0 Å². The van der Waals surface area contributed by atoms with E-state index in [4.69, 9.17) is 0 Å². The van der Waals surface area contributed by atoms with Gasteiger partial charge in [-0.25, -0.2) is 0 Å². The van der Waals surface area contributed by atoms with E-state index >= 15 is 0 Å². The molecule has 0 aliphatic heterocycles. The van der Waals surface area contributed by atoms with Gasteiger partial charge in [0.25, 0.3) is 0 Å². The number of ketones is 1. The molecule has 2 heteroatoms. The van der Waals surface area contributed by atoms with Gasteiger partial charge in [0.2, 0.25) is 0 Å². The van der Waals surface area contributed by atoms with Crippen LogP contribution in [0.15, 0.2) is 24.3 Å². The summed E-state index contributed by atoms with van der Waals surface area (Å²) in [5.41, 5.74) is 1.68. The van der Waals surface area contributed by atoms with E-state index < -0.39 is 5.60 Å². The monoisotopic (exact) mass is 216 g/mol. The largest absolute Gasteiger partial charge is 0.382 e. The molecule has 0 bridgehead atoms. The van der Waals surface area contributed by atoms with Gasteiger partial charge in [-0.05, 0) is 43.9 Å². The highest BCUT2D eigenvalue weighted by atomic mass is 16.3. The van der Waals surface area contributed by atoms with E-state index in [2.05, 4.69) is 12.2 Å². The van der Waals surface area contributed by atoms with Crippen LogP contribution in [0.5, 0.6) is 0 Å². The third-order valence-electron chi connectivity index (χ3n) is 2.84. The lowest BCUT2D eigenvalue weighted by Gasteiger charge is -2.17. The van der Waals surface area contributed by atoms with Crippen LogP contribution in [0.4, 0.5) is 0 Å². The standard InChI is InChI=1S/C14H16O2/c1-14(2,16)13(15)12-8-7-10-5-3-4-6-11(10)9-12/h3,5,7-9,16H,4,6H2,1-2H3. The van der Waals surface area contributed by atoms with Crippen molar-refractivity contribution in [2.45, 2.75) is 32.3 Å². The second-order valence-electron chi connectivity index (χ2n) is 4.74. The van der Waals surface area contributed by atoms with Crippen LogP contribution in [-0.2, 0) is 6.42 Å². The van der Waals surface area contributed by atoms with Crippen LogP contribution in [0.25, 0.3) is 6.08 Å². The number of allylic oxidation sites excluding steroid dienone is 1. The van der Waals surface area contributed by atoms with Crippen LogP contribution >= 0.6 is 0 Å². The summed E-state index contributed by atoms with van der Waals surface area (Å²) < 4.78 is 0. The maximum atomic E-state index is 11.9. The van der Waals surface area contributed by atoms with E-state index in [0.29, 0.717) is 5.56 Å². The van der Waals surface area contributed by atoms with E-state index in [1.165, 1.54) is 25.0 Å². The van der Waals surface area contributed by atoms with Crippen LogP contribution in [0, 0.1) is 0 Å². The van der Waals surface area contributed by atoms with Crippen molar-refractivity contribution in [2.75, 3.05) is 0 Å². The fourth-order valence-corrected chi connectivity index (χ4v) is 1.93. The Kier molecular flexibility index (Phi) is 2.68. The minimum atomic E-state index is -1.29. The van der Waals surface area contributed by atoms with Gasteiger partial charge in [0.15, 0.2) is 5.78 Å². The summed E-state index contributed by atoms with van der Waals surface area (Å²) in [4.78, 5) is 11.9. The second kappa shape index (κ2) is 3.87. The van der Waals surface area contributed by atoms with Gasteiger partial charge in [-0.2, -0.15) is 0 Å². The first kappa shape index (κ1) is 11.1. The lowest BCUT2D eigenvalue weighted by molar-refractivity contribution is 0.0488. The van der Waals surface area contributed by atoms with Gasteiger partial charge in [0.05, 0.1) is 0 Å². The van der Waals surface area contributed by atoms with Crippen LogP contribution in [-0.4, -0.2) is 16.5 Å². The fourth-order valence-electron chi connectivity index (χ4n) is 1.93. The Labute approximate surface area is 95.6 Å². The molecule has 0 heterocycles. The highest BCUT2D eigenvalue weighted by Gasteiger charge is 2.25. The van der Waals surface area contributed by atoms with Gasteiger partial charge in [-0.1, -0.05) is 24.3 Å². The van der Waals surface area contributed by atoms with Gasteiger partial charge in [0, 0.05) is 5.56 Å². The maximum Gasteiger partial charge on any atom is 0.193 e. The summed E-state index contributed by atoms with van der Waals surface area (Å²) in [6.07, 6.45) is 6.21. The number of hydrogen-bond acceptors (Lipinski definition) is 2. The van der Waals surface area contributed by atoms with E-state index in [1.807, 2.05) is 12.1 Å². The molecule has 1 aromatic carbocycles. The topological polar surface area (TPSA) is 37.3 Å². The predicted octanol–water partition coefficient (Wildman–Crippen LogP) is 2.60. The molecule has 16 heavy (non-hydrogen) atoms. The van der Waals surface area contributed by atoms with E-state index in [-0.39, 0.29) is 5.78 Å². The molecule has 0 saturated carbocycles. The van der Waals surface area contributed by atoms with Gasteiger partial charge >= 0.3 is 0 Å². The first-order chi connectivity index (χ1) is 7.48. The Balaban J connectivity index is 2.38. The average Bonchev–Trinajstić information content (AvgIpc) is 2.26. The Morgan fingerprint density at radius 3 is 2.81 bits per heavy atom. The lowest BCUT2D eigenvalue weighted by Crippen LogP contribution is -2.31. The number of aryl methyl sites for hydroxylation is 1. The summed E-state index contributed by atoms with van der Waals surface area (Å²) in [5.74, 6) is -0.218. The zero-order valence-electron chi connectivity index (χ0n) is 9.66. The van der Waals surface area contributed by atoms with Crippen molar-refractivity contribution < 1.29 is 9.90 Å². The minimum absolute atomic E-state index is 0.218. The number of aliphatic hydroxyl groups is 1. The molecule has 84 valence electrons. The molecule has 0 aromatic heterocycles. The van der Waals surface area contributed by atoms with E-state index in [9.17, 15) is 9.90 Å². The number of Topliss-reactive ketones (excluding diaryl/α,β-unsaturated/α-hetero) is 1. The summed E-state index contributed by atoms with van der Waals surface area (Å²) in [6, 6.07) is 5.64. The SMILES string of the molecule is CC(C)(O)C(=O)c1ccc2c(c1)CCC=C2. The summed E-state index contributed by atoms with van der Waals surface area (Å²) in [6.45, 7) is 3.05. The molecule has 1 N–H and O–H groups in total. The van der Waals surface area contributed by atoms with Gasteiger partial charge in [-0.3, -0.25) is 4.79 Å². The first-order valence-electron chi connectivity index (χ1n) is 5.55. The molecule has 0 saturated heterocycles. The third-order valence-corrected chi connectivity index (χ3v) is 2.84. The van der Waals surface area contributed by atoms with Crippen molar-refractivity contribution in [3.8, 4) is 0 Å². The molecule has 2 nitrogen and oxygen atoms in total. The van der Waals surface area contributed by atoms with Crippen LogP contribution in [0.2, 0.25) is 0 Å². The molecule has 2 rings (SSSR count). The Bertz CT molecular complexity index is 450. The number of fused-ring (bicyclic) bond motifs is 1.